The largest absolute Gasteiger partial charge is 0.435 e. The summed E-state index contributed by atoms with van der Waals surface area (Å²) in [4.78, 5) is 7.71. The molecule has 1 saturated heterocycles. The van der Waals surface area contributed by atoms with Crippen molar-refractivity contribution >= 4 is 35.6 Å². The van der Waals surface area contributed by atoms with Gasteiger partial charge in [0.05, 0.1) is 5.69 Å². The predicted molar refractivity (Wildman–Crippen MR) is 114 cm³/mol. The molecule has 12 heteroatoms. The molecule has 1 aromatic heterocycles. The number of anilines is 1. The van der Waals surface area contributed by atoms with Crippen molar-refractivity contribution in [2.45, 2.75) is 12.7 Å². The van der Waals surface area contributed by atoms with E-state index in [1.165, 1.54) is 20.3 Å². The van der Waals surface area contributed by atoms with E-state index in [0.717, 1.165) is 22.9 Å². The molecule has 0 radical (unpaired) electrons. The van der Waals surface area contributed by atoms with Crippen LogP contribution in [0.4, 0.5) is 27.6 Å². The fourth-order valence-electron chi connectivity index (χ4n) is 3.30. The number of hydrogen-bond acceptors (Lipinski definition) is 3. The van der Waals surface area contributed by atoms with Crippen molar-refractivity contribution in [2.75, 3.05) is 38.1 Å². The molecule has 166 valence electrons. The van der Waals surface area contributed by atoms with E-state index < -0.39 is 23.5 Å². The van der Waals surface area contributed by atoms with Gasteiger partial charge >= 0.3 is 6.18 Å². The number of piperazine rings is 1. The fourth-order valence-corrected chi connectivity index (χ4v) is 3.30. The van der Waals surface area contributed by atoms with E-state index in [2.05, 4.69) is 15.4 Å². The molecule has 0 saturated carbocycles. The van der Waals surface area contributed by atoms with Gasteiger partial charge in [0, 0.05) is 64.6 Å². The van der Waals surface area contributed by atoms with Gasteiger partial charge in [-0.2, -0.15) is 18.3 Å². The average molecular weight is 544 g/mol. The Morgan fingerprint density at radius 1 is 1.17 bits per heavy atom. The molecule has 0 spiro atoms. The molecule has 1 aromatic carbocycles. The van der Waals surface area contributed by atoms with Gasteiger partial charge in [0.25, 0.3) is 0 Å². The van der Waals surface area contributed by atoms with E-state index in [-0.39, 0.29) is 41.8 Å². The summed E-state index contributed by atoms with van der Waals surface area (Å²) in [5.41, 5.74) is -0.728. The van der Waals surface area contributed by atoms with E-state index in [1.807, 2.05) is 4.90 Å². The van der Waals surface area contributed by atoms with Crippen LogP contribution in [0.15, 0.2) is 29.4 Å². The molecule has 2 aromatic rings. The zero-order chi connectivity index (χ0) is 21.2. The summed E-state index contributed by atoms with van der Waals surface area (Å²) in [6.45, 7) is 1.65. The number of nitrogens with one attached hydrogen (secondary N) is 1. The van der Waals surface area contributed by atoms with Crippen molar-refractivity contribution in [1.82, 2.24) is 20.0 Å². The van der Waals surface area contributed by atoms with Crippen LogP contribution in [0.2, 0.25) is 0 Å². The SMILES string of the molecule is CN=C(NCc1cn(C)nc1C(F)(F)F)N1CCN(c2cc(F)ccc2F)CC1.I. The quantitative estimate of drug-likeness (QED) is 0.279. The number of rotatable bonds is 3. The summed E-state index contributed by atoms with van der Waals surface area (Å²) in [6.07, 6.45) is -3.23. The zero-order valence-electron chi connectivity index (χ0n) is 16.4. The first-order valence-corrected chi connectivity index (χ1v) is 8.94. The average Bonchev–Trinajstić information content (AvgIpc) is 3.06. The second-order valence-electron chi connectivity index (χ2n) is 6.64. The summed E-state index contributed by atoms with van der Waals surface area (Å²) in [5, 5.41) is 6.41. The molecule has 1 aliphatic rings. The second kappa shape index (κ2) is 9.79. The van der Waals surface area contributed by atoms with Gasteiger partial charge < -0.3 is 15.1 Å². The highest BCUT2D eigenvalue weighted by Crippen LogP contribution is 2.30. The van der Waals surface area contributed by atoms with E-state index >= 15 is 0 Å². The van der Waals surface area contributed by atoms with Gasteiger partial charge in [-0.25, -0.2) is 8.78 Å². The standard InChI is InChI=1S/C18H21F5N6.HI/c1-24-17(25-10-12-11-27(2)26-16(12)18(21,22)23)29-7-5-28(6-8-29)15-9-13(19)3-4-14(15)20;/h3-4,9,11H,5-8,10H2,1-2H3,(H,24,25);1H. The molecule has 1 aliphatic heterocycles. The lowest BCUT2D eigenvalue weighted by molar-refractivity contribution is -0.142. The highest BCUT2D eigenvalue weighted by atomic mass is 127. The molecule has 0 aliphatic carbocycles. The van der Waals surface area contributed by atoms with Gasteiger partial charge in [-0.3, -0.25) is 9.67 Å². The number of halogens is 6. The normalized spacial score (nSPS) is 15.2. The Morgan fingerprint density at radius 2 is 1.83 bits per heavy atom. The number of aromatic nitrogens is 2. The van der Waals surface area contributed by atoms with Crippen LogP contribution in [0.1, 0.15) is 11.3 Å². The third kappa shape index (κ3) is 5.52. The monoisotopic (exact) mass is 544 g/mol. The number of alkyl halides is 3. The molecule has 1 N–H and O–H groups in total. The Labute approximate surface area is 187 Å². The number of benzene rings is 1. The van der Waals surface area contributed by atoms with Crippen LogP contribution in [0.5, 0.6) is 0 Å². The summed E-state index contributed by atoms with van der Waals surface area (Å²) in [6, 6.07) is 3.30. The van der Waals surface area contributed by atoms with E-state index in [1.54, 1.807) is 4.90 Å². The van der Waals surface area contributed by atoms with Crippen LogP contribution in [0, 0.1) is 11.6 Å². The van der Waals surface area contributed by atoms with Crippen molar-refractivity contribution in [3.63, 3.8) is 0 Å². The van der Waals surface area contributed by atoms with Crippen LogP contribution in [0.3, 0.4) is 0 Å². The maximum absolute atomic E-state index is 14.0. The molecular formula is C18H22F5IN6. The van der Waals surface area contributed by atoms with Crippen LogP contribution >= 0.6 is 24.0 Å². The summed E-state index contributed by atoms with van der Waals surface area (Å²) in [5.74, 6) is -0.585. The van der Waals surface area contributed by atoms with Gasteiger partial charge in [0.1, 0.15) is 11.6 Å². The lowest BCUT2D eigenvalue weighted by atomic mass is 10.2. The van der Waals surface area contributed by atoms with E-state index in [0.29, 0.717) is 32.1 Å². The first-order chi connectivity index (χ1) is 13.7. The first-order valence-electron chi connectivity index (χ1n) is 8.94. The van der Waals surface area contributed by atoms with Crippen molar-refractivity contribution in [1.29, 1.82) is 0 Å². The Hall–Kier alpha value is -2.12. The Bertz CT molecular complexity index is 890. The van der Waals surface area contributed by atoms with Crippen LogP contribution in [-0.4, -0.2) is 53.9 Å². The van der Waals surface area contributed by atoms with Gasteiger partial charge in [-0.05, 0) is 12.1 Å². The maximum Gasteiger partial charge on any atom is 0.435 e. The Kier molecular flexibility index (Phi) is 7.88. The summed E-state index contributed by atoms with van der Waals surface area (Å²) >= 11 is 0. The molecule has 3 rings (SSSR count). The van der Waals surface area contributed by atoms with Gasteiger partial charge in [-0.1, -0.05) is 0 Å². The lowest BCUT2D eigenvalue weighted by Gasteiger charge is -2.37. The molecule has 0 unspecified atom stereocenters. The number of hydrogen-bond donors (Lipinski definition) is 1. The molecule has 6 nitrogen and oxygen atoms in total. The highest BCUT2D eigenvalue weighted by Gasteiger charge is 2.37. The molecular weight excluding hydrogens is 522 g/mol. The molecule has 0 amide bonds. The van der Waals surface area contributed by atoms with Gasteiger partial charge in [0.15, 0.2) is 11.7 Å². The minimum Gasteiger partial charge on any atom is -0.366 e. The third-order valence-electron chi connectivity index (χ3n) is 4.65. The van der Waals surface area contributed by atoms with E-state index in [4.69, 9.17) is 0 Å². The smallest absolute Gasteiger partial charge is 0.366 e. The number of aryl methyl sites for hydroxylation is 1. The Balaban J connectivity index is 0.00000320. The van der Waals surface area contributed by atoms with E-state index in [9.17, 15) is 22.0 Å². The minimum atomic E-state index is -4.54. The summed E-state index contributed by atoms with van der Waals surface area (Å²) < 4.78 is 67.7. The number of nitrogens with zero attached hydrogens (tertiary/aromatic N) is 5. The van der Waals surface area contributed by atoms with Crippen LogP contribution < -0.4 is 10.2 Å². The van der Waals surface area contributed by atoms with Crippen LogP contribution in [-0.2, 0) is 19.8 Å². The lowest BCUT2D eigenvalue weighted by Crippen LogP contribution is -2.52. The Morgan fingerprint density at radius 3 is 2.43 bits per heavy atom. The third-order valence-corrected chi connectivity index (χ3v) is 4.65. The molecule has 0 atom stereocenters. The predicted octanol–water partition coefficient (Wildman–Crippen LogP) is 3.23. The highest BCUT2D eigenvalue weighted by molar-refractivity contribution is 14.0. The van der Waals surface area contributed by atoms with Crippen molar-refractivity contribution < 1.29 is 22.0 Å². The van der Waals surface area contributed by atoms with Crippen LogP contribution in [0.25, 0.3) is 0 Å². The van der Waals surface area contributed by atoms with Gasteiger partial charge in [-0.15, -0.1) is 24.0 Å². The zero-order valence-corrected chi connectivity index (χ0v) is 18.7. The topological polar surface area (TPSA) is 48.7 Å². The van der Waals surface area contributed by atoms with Crippen molar-refractivity contribution in [3.8, 4) is 0 Å². The minimum absolute atomic E-state index is 0. The maximum atomic E-state index is 14.0. The second-order valence-corrected chi connectivity index (χ2v) is 6.64. The molecule has 2 heterocycles. The molecule has 1 fully saturated rings. The van der Waals surface area contributed by atoms with Crippen molar-refractivity contribution in [2.24, 2.45) is 12.0 Å². The summed E-state index contributed by atoms with van der Waals surface area (Å²) in [7, 11) is 2.97. The molecule has 0 bridgehead atoms. The van der Waals surface area contributed by atoms with Gasteiger partial charge in [0.2, 0.25) is 0 Å². The van der Waals surface area contributed by atoms with Crippen molar-refractivity contribution in [3.05, 3.63) is 47.3 Å². The fraction of sp³-hybridized carbons (Fsp3) is 0.444. The molecule has 30 heavy (non-hydrogen) atoms. The first kappa shape index (κ1) is 24.2. The number of aliphatic imine (C=N–C) groups is 1. The number of guanidine groups is 1.